The van der Waals surface area contributed by atoms with Gasteiger partial charge in [0.2, 0.25) is 0 Å². The van der Waals surface area contributed by atoms with Crippen LogP contribution in [0.25, 0.3) is 0 Å². The van der Waals surface area contributed by atoms with Crippen molar-refractivity contribution in [2.45, 2.75) is 31.5 Å². The molecular formula is C17H26Cl2F3N3. The second-order valence-corrected chi connectivity index (χ2v) is 6.41. The SMILES string of the molecule is Cl.Cl.FC(F)(F)C[C@H](c1ccc(N2CCCC2)cc1)N1CCNCC1. The van der Waals surface area contributed by atoms with Crippen LogP contribution in [0.4, 0.5) is 18.9 Å². The molecule has 2 aliphatic heterocycles. The maximum atomic E-state index is 13.0. The Morgan fingerprint density at radius 1 is 0.920 bits per heavy atom. The molecule has 1 N–H and O–H groups in total. The minimum absolute atomic E-state index is 0. The zero-order chi connectivity index (χ0) is 16.3. The van der Waals surface area contributed by atoms with E-state index in [0.717, 1.165) is 37.4 Å². The summed E-state index contributed by atoms with van der Waals surface area (Å²) in [6.45, 7) is 4.91. The second kappa shape index (κ2) is 9.86. The average molecular weight is 400 g/mol. The van der Waals surface area contributed by atoms with Gasteiger partial charge in [-0.15, -0.1) is 24.8 Å². The van der Waals surface area contributed by atoms with Gasteiger partial charge in [0, 0.05) is 51.0 Å². The van der Waals surface area contributed by atoms with Crippen molar-refractivity contribution in [3.63, 3.8) is 0 Å². The number of anilines is 1. The molecule has 0 amide bonds. The molecule has 144 valence electrons. The summed E-state index contributed by atoms with van der Waals surface area (Å²) in [6, 6.07) is 7.14. The Hall–Kier alpha value is -0.690. The van der Waals surface area contributed by atoms with Crippen molar-refractivity contribution < 1.29 is 13.2 Å². The molecule has 2 aliphatic rings. The molecule has 2 fully saturated rings. The average Bonchev–Trinajstić information content (AvgIpc) is 3.07. The molecule has 0 spiro atoms. The van der Waals surface area contributed by atoms with Crippen LogP contribution in [0.15, 0.2) is 24.3 Å². The molecule has 0 unspecified atom stereocenters. The Kier molecular flexibility index (Phi) is 8.81. The number of hydrogen-bond acceptors (Lipinski definition) is 3. The van der Waals surface area contributed by atoms with Crippen LogP contribution in [0.5, 0.6) is 0 Å². The lowest BCUT2D eigenvalue weighted by molar-refractivity contribution is -0.148. The fraction of sp³-hybridized carbons (Fsp3) is 0.647. The third-order valence-electron chi connectivity index (χ3n) is 4.77. The molecule has 0 aliphatic carbocycles. The molecule has 0 bridgehead atoms. The molecule has 3 rings (SSSR count). The molecule has 2 saturated heterocycles. The summed E-state index contributed by atoms with van der Waals surface area (Å²) in [6.07, 6.45) is -2.54. The Morgan fingerprint density at radius 3 is 2.00 bits per heavy atom. The van der Waals surface area contributed by atoms with Crippen molar-refractivity contribution in [3.05, 3.63) is 29.8 Å². The fourth-order valence-corrected chi connectivity index (χ4v) is 3.55. The lowest BCUT2D eigenvalue weighted by Gasteiger charge is -2.35. The summed E-state index contributed by atoms with van der Waals surface area (Å²) in [5.74, 6) is 0. The number of hydrogen-bond donors (Lipinski definition) is 1. The number of benzene rings is 1. The van der Waals surface area contributed by atoms with Crippen LogP contribution in [0.2, 0.25) is 0 Å². The predicted octanol–water partition coefficient (Wildman–Crippen LogP) is 4.03. The van der Waals surface area contributed by atoms with Crippen LogP contribution < -0.4 is 10.2 Å². The Morgan fingerprint density at radius 2 is 1.48 bits per heavy atom. The topological polar surface area (TPSA) is 18.5 Å². The Balaban J connectivity index is 0.00000156. The fourth-order valence-electron chi connectivity index (χ4n) is 3.55. The normalized spacial score (nSPS) is 19.9. The summed E-state index contributed by atoms with van der Waals surface area (Å²) in [7, 11) is 0. The monoisotopic (exact) mass is 399 g/mol. The standard InChI is InChI=1S/C17H24F3N3.2ClH/c18-17(19,20)13-16(23-11-7-21-8-12-23)14-3-5-15(6-4-14)22-9-1-2-10-22;;/h3-6,16,21H,1-2,7-13H2;2*1H/t16-;;/m1../s1. The predicted molar refractivity (Wildman–Crippen MR) is 100 cm³/mol. The van der Waals surface area contributed by atoms with Gasteiger partial charge in [-0.2, -0.15) is 13.2 Å². The van der Waals surface area contributed by atoms with Crippen molar-refractivity contribution in [2.24, 2.45) is 0 Å². The van der Waals surface area contributed by atoms with Gasteiger partial charge in [-0.1, -0.05) is 12.1 Å². The molecule has 1 aromatic carbocycles. The highest BCUT2D eigenvalue weighted by atomic mass is 35.5. The van der Waals surface area contributed by atoms with Gasteiger partial charge in [0.05, 0.1) is 6.42 Å². The van der Waals surface area contributed by atoms with E-state index in [4.69, 9.17) is 0 Å². The maximum absolute atomic E-state index is 13.0. The van der Waals surface area contributed by atoms with Crippen LogP contribution in [-0.4, -0.2) is 50.3 Å². The number of halogens is 5. The molecular weight excluding hydrogens is 374 g/mol. The summed E-state index contributed by atoms with van der Waals surface area (Å²) < 4.78 is 39.1. The molecule has 1 aromatic rings. The number of rotatable bonds is 4. The zero-order valence-corrected chi connectivity index (χ0v) is 15.7. The molecule has 0 aromatic heterocycles. The van der Waals surface area contributed by atoms with Crippen molar-refractivity contribution >= 4 is 30.5 Å². The van der Waals surface area contributed by atoms with Gasteiger partial charge in [0.1, 0.15) is 0 Å². The first-order chi connectivity index (χ1) is 11.0. The lowest BCUT2D eigenvalue weighted by Crippen LogP contribution is -2.46. The van der Waals surface area contributed by atoms with Crippen LogP contribution in [0.1, 0.15) is 30.9 Å². The maximum Gasteiger partial charge on any atom is 0.390 e. The zero-order valence-electron chi connectivity index (χ0n) is 14.1. The van der Waals surface area contributed by atoms with Crippen molar-refractivity contribution in [3.8, 4) is 0 Å². The van der Waals surface area contributed by atoms with E-state index in [0.29, 0.717) is 13.1 Å². The summed E-state index contributed by atoms with van der Waals surface area (Å²) in [5.41, 5.74) is 1.89. The summed E-state index contributed by atoms with van der Waals surface area (Å²) in [5, 5.41) is 3.20. The molecule has 0 radical (unpaired) electrons. The van der Waals surface area contributed by atoms with Gasteiger partial charge in [0.25, 0.3) is 0 Å². The molecule has 1 atom stereocenters. The van der Waals surface area contributed by atoms with Gasteiger partial charge in [0.15, 0.2) is 0 Å². The van der Waals surface area contributed by atoms with E-state index < -0.39 is 18.6 Å². The van der Waals surface area contributed by atoms with E-state index in [-0.39, 0.29) is 24.8 Å². The highest BCUT2D eigenvalue weighted by Crippen LogP contribution is 2.35. The largest absolute Gasteiger partial charge is 0.390 e. The highest BCUT2D eigenvalue weighted by Gasteiger charge is 2.35. The molecule has 0 saturated carbocycles. The van der Waals surface area contributed by atoms with Gasteiger partial charge in [-0.05, 0) is 30.5 Å². The van der Waals surface area contributed by atoms with Crippen LogP contribution in [-0.2, 0) is 0 Å². The van der Waals surface area contributed by atoms with E-state index in [1.807, 2.05) is 29.2 Å². The van der Waals surface area contributed by atoms with Gasteiger partial charge >= 0.3 is 6.18 Å². The highest BCUT2D eigenvalue weighted by molar-refractivity contribution is 5.85. The summed E-state index contributed by atoms with van der Waals surface area (Å²) in [4.78, 5) is 4.25. The van der Waals surface area contributed by atoms with E-state index in [9.17, 15) is 13.2 Å². The quantitative estimate of drug-likeness (QED) is 0.824. The minimum Gasteiger partial charge on any atom is -0.372 e. The lowest BCUT2D eigenvalue weighted by atomic mass is 10.0. The first kappa shape index (κ1) is 22.4. The molecule has 8 heteroatoms. The van der Waals surface area contributed by atoms with E-state index in [1.165, 1.54) is 12.8 Å². The third kappa shape index (κ3) is 6.20. The smallest absolute Gasteiger partial charge is 0.372 e. The minimum atomic E-state index is -4.15. The third-order valence-corrected chi connectivity index (χ3v) is 4.77. The number of nitrogens with zero attached hydrogens (tertiary/aromatic N) is 2. The molecule has 25 heavy (non-hydrogen) atoms. The first-order valence-corrected chi connectivity index (χ1v) is 8.39. The second-order valence-electron chi connectivity index (χ2n) is 6.41. The number of nitrogens with one attached hydrogen (secondary N) is 1. The molecule has 2 heterocycles. The summed E-state index contributed by atoms with van der Waals surface area (Å²) >= 11 is 0. The number of piperazine rings is 1. The number of alkyl halides is 3. The van der Waals surface area contributed by atoms with Crippen LogP contribution >= 0.6 is 24.8 Å². The first-order valence-electron chi connectivity index (χ1n) is 8.39. The Labute approximate surface area is 159 Å². The molecule has 3 nitrogen and oxygen atoms in total. The van der Waals surface area contributed by atoms with Crippen LogP contribution in [0.3, 0.4) is 0 Å². The van der Waals surface area contributed by atoms with E-state index >= 15 is 0 Å². The van der Waals surface area contributed by atoms with Gasteiger partial charge in [-0.25, -0.2) is 0 Å². The van der Waals surface area contributed by atoms with Gasteiger partial charge in [-0.3, -0.25) is 4.90 Å². The van der Waals surface area contributed by atoms with Crippen molar-refractivity contribution in [1.82, 2.24) is 10.2 Å². The van der Waals surface area contributed by atoms with Crippen molar-refractivity contribution in [1.29, 1.82) is 0 Å². The van der Waals surface area contributed by atoms with E-state index in [2.05, 4.69) is 10.2 Å². The van der Waals surface area contributed by atoms with Crippen molar-refractivity contribution in [2.75, 3.05) is 44.2 Å². The van der Waals surface area contributed by atoms with Gasteiger partial charge < -0.3 is 10.2 Å². The Bertz CT molecular complexity index is 499. The van der Waals surface area contributed by atoms with E-state index in [1.54, 1.807) is 0 Å². The van der Waals surface area contributed by atoms with Crippen LogP contribution in [0, 0.1) is 0 Å².